The molecule has 2 aromatic rings. The van der Waals surface area contributed by atoms with Crippen LogP contribution in [0.5, 0.6) is 5.88 Å². The molecule has 1 aromatic carbocycles. The van der Waals surface area contributed by atoms with Crippen molar-refractivity contribution in [2.24, 2.45) is 0 Å². The van der Waals surface area contributed by atoms with Crippen molar-refractivity contribution in [2.75, 3.05) is 42.9 Å². The third-order valence-electron chi connectivity index (χ3n) is 4.86. The van der Waals surface area contributed by atoms with E-state index in [2.05, 4.69) is 9.71 Å². The first-order chi connectivity index (χ1) is 13.9. The summed E-state index contributed by atoms with van der Waals surface area (Å²) >= 11 is 0.971. The molecule has 0 spiro atoms. The monoisotopic (exact) mass is 422 g/mol. The van der Waals surface area contributed by atoms with Crippen LogP contribution in [0, 0.1) is 18.6 Å². The van der Waals surface area contributed by atoms with Gasteiger partial charge in [0.25, 0.3) is 0 Å². The average molecular weight is 423 g/mol. The lowest BCUT2D eigenvalue weighted by molar-refractivity contribution is 0.219. The summed E-state index contributed by atoms with van der Waals surface area (Å²) in [4.78, 5) is 20.6. The summed E-state index contributed by atoms with van der Waals surface area (Å²) in [6, 6.07) is 5.40. The van der Waals surface area contributed by atoms with Gasteiger partial charge in [0.1, 0.15) is 17.3 Å². The van der Waals surface area contributed by atoms with Gasteiger partial charge in [0.2, 0.25) is 5.88 Å². The Morgan fingerprint density at radius 2 is 1.83 bits per heavy atom. The Balaban J connectivity index is 1.58. The quantitative estimate of drug-likeness (QED) is 0.728. The Labute approximate surface area is 173 Å². The lowest BCUT2D eigenvalue weighted by Gasteiger charge is -2.35. The topological polar surface area (TPSA) is 57.7 Å². The van der Waals surface area contributed by atoms with Gasteiger partial charge in [-0.3, -0.25) is 4.79 Å². The minimum atomic E-state index is -0.606. The zero-order valence-electron chi connectivity index (χ0n) is 16.7. The van der Waals surface area contributed by atoms with E-state index in [1.807, 2.05) is 24.8 Å². The van der Waals surface area contributed by atoms with Crippen LogP contribution in [0.4, 0.5) is 25.0 Å². The average Bonchev–Trinajstić information content (AvgIpc) is 2.71. The predicted octanol–water partition coefficient (Wildman–Crippen LogP) is 4.24. The summed E-state index contributed by atoms with van der Waals surface area (Å²) < 4.78 is 35.2. The van der Waals surface area contributed by atoms with Crippen molar-refractivity contribution >= 4 is 28.6 Å². The van der Waals surface area contributed by atoms with Crippen LogP contribution in [0.3, 0.4) is 0 Å². The molecular formula is C20H24F2N4O2S. The van der Waals surface area contributed by atoms with Crippen molar-refractivity contribution in [1.29, 1.82) is 0 Å². The molecule has 3 rings (SSSR count). The highest BCUT2D eigenvalue weighted by Crippen LogP contribution is 2.28. The molecule has 0 unspecified atom stereocenters. The number of pyridine rings is 1. The van der Waals surface area contributed by atoms with Crippen molar-refractivity contribution in [3.63, 3.8) is 0 Å². The number of nitrogens with one attached hydrogen (secondary N) is 1. The molecule has 1 fully saturated rings. The van der Waals surface area contributed by atoms with Crippen LogP contribution in [0.1, 0.15) is 18.2 Å². The van der Waals surface area contributed by atoms with E-state index in [1.165, 1.54) is 12.1 Å². The van der Waals surface area contributed by atoms with Gasteiger partial charge in [-0.2, -0.15) is 0 Å². The van der Waals surface area contributed by atoms with E-state index in [9.17, 15) is 13.6 Å². The highest BCUT2D eigenvalue weighted by molar-refractivity contribution is 8.14. The smallest absolute Gasteiger partial charge is 0.302 e. The van der Waals surface area contributed by atoms with Gasteiger partial charge >= 0.3 is 5.24 Å². The van der Waals surface area contributed by atoms with Crippen LogP contribution < -0.4 is 14.4 Å². The Morgan fingerprint density at radius 3 is 2.41 bits per heavy atom. The van der Waals surface area contributed by atoms with Gasteiger partial charge in [-0.25, -0.2) is 13.8 Å². The number of hydrogen-bond donors (Lipinski definition) is 1. The van der Waals surface area contributed by atoms with Gasteiger partial charge in [0.05, 0.1) is 7.11 Å². The molecule has 1 N–H and O–H groups in total. The highest BCUT2D eigenvalue weighted by Gasteiger charge is 2.23. The molecule has 1 amide bonds. The number of ether oxygens (including phenoxy) is 1. The van der Waals surface area contributed by atoms with E-state index >= 15 is 0 Å². The third-order valence-corrected chi connectivity index (χ3v) is 5.61. The molecule has 1 aliphatic heterocycles. The highest BCUT2D eigenvalue weighted by atomic mass is 32.2. The number of benzene rings is 1. The number of amides is 1. The standard InChI is InChI=1S/C20H24F2N4O2S/c1-4-14-9-18(19(28-3)23-13(14)2)24-29-20(27)26-7-5-25(6-8-26)17-11-15(21)10-16(22)12-17/h9-12,24H,4-8H2,1-3H3. The number of piperazine rings is 1. The maximum atomic E-state index is 13.4. The van der Waals surface area contributed by atoms with Gasteiger partial charge in [-0.15, -0.1) is 0 Å². The van der Waals surface area contributed by atoms with Gasteiger partial charge in [-0.05, 0) is 37.1 Å². The number of aromatic nitrogens is 1. The Bertz CT molecular complexity index is 869. The van der Waals surface area contributed by atoms with Crippen LogP contribution in [0.15, 0.2) is 24.3 Å². The van der Waals surface area contributed by atoms with Gasteiger partial charge in [0, 0.05) is 55.6 Å². The van der Waals surface area contributed by atoms with Crippen molar-refractivity contribution in [3.8, 4) is 5.88 Å². The van der Waals surface area contributed by atoms with E-state index in [-0.39, 0.29) is 5.24 Å². The lowest BCUT2D eigenvalue weighted by atomic mass is 10.1. The minimum absolute atomic E-state index is 0.129. The SMILES string of the molecule is CCc1cc(NSC(=O)N2CCN(c3cc(F)cc(F)c3)CC2)c(OC)nc1C. The largest absolute Gasteiger partial charge is 0.479 e. The van der Waals surface area contributed by atoms with Gasteiger partial charge in [-0.1, -0.05) is 6.92 Å². The first kappa shape index (κ1) is 21.2. The van der Waals surface area contributed by atoms with Crippen molar-refractivity contribution < 1.29 is 18.3 Å². The van der Waals surface area contributed by atoms with Crippen molar-refractivity contribution in [1.82, 2.24) is 9.88 Å². The maximum absolute atomic E-state index is 13.4. The zero-order valence-corrected chi connectivity index (χ0v) is 17.5. The number of nitrogens with zero attached hydrogens (tertiary/aromatic N) is 3. The summed E-state index contributed by atoms with van der Waals surface area (Å²) in [6.45, 7) is 5.91. The van der Waals surface area contributed by atoms with E-state index in [0.29, 0.717) is 43.4 Å². The number of anilines is 2. The number of hydrogen-bond acceptors (Lipinski definition) is 6. The summed E-state index contributed by atoms with van der Waals surface area (Å²) in [5.41, 5.74) is 3.12. The maximum Gasteiger partial charge on any atom is 0.302 e. The molecule has 0 radical (unpaired) electrons. The van der Waals surface area contributed by atoms with Crippen LogP contribution in [-0.4, -0.2) is 48.4 Å². The zero-order chi connectivity index (χ0) is 21.0. The van der Waals surface area contributed by atoms with E-state index in [1.54, 1.807) is 12.0 Å². The van der Waals surface area contributed by atoms with Crippen LogP contribution >= 0.6 is 11.9 Å². The molecule has 0 bridgehead atoms. The second-order valence-electron chi connectivity index (χ2n) is 6.72. The van der Waals surface area contributed by atoms with E-state index in [4.69, 9.17) is 4.74 Å². The van der Waals surface area contributed by atoms with Crippen LogP contribution in [-0.2, 0) is 6.42 Å². The first-order valence-electron chi connectivity index (χ1n) is 9.38. The molecule has 1 saturated heterocycles. The first-order valence-corrected chi connectivity index (χ1v) is 10.2. The number of methoxy groups -OCH3 is 1. The second-order valence-corrected chi connectivity index (χ2v) is 7.47. The normalized spacial score (nSPS) is 14.1. The lowest BCUT2D eigenvalue weighted by Crippen LogP contribution is -2.48. The van der Waals surface area contributed by atoms with E-state index < -0.39 is 11.6 Å². The fraction of sp³-hybridized carbons (Fsp3) is 0.400. The molecule has 6 nitrogen and oxygen atoms in total. The predicted molar refractivity (Wildman–Crippen MR) is 112 cm³/mol. The molecule has 1 aliphatic rings. The molecule has 9 heteroatoms. The van der Waals surface area contributed by atoms with Crippen molar-refractivity contribution in [2.45, 2.75) is 20.3 Å². The fourth-order valence-electron chi connectivity index (χ4n) is 3.24. The fourth-order valence-corrected chi connectivity index (χ4v) is 3.90. The second kappa shape index (κ2) is 9.30. The Morgan fingerprint density at radius 1 is 1.17 bits per heavy atom. The molecule has 0 saturated carbocycles. The number of halogens is 2. The molecule has 156 valence electrons. The van der Waals surface area contributed by atoms with Gasteiger partial charge < -0.3 is 19.3 Å². The molecule has 0 aliphatic carbocycles. The van der Waals surface area contributed by atoms with Crippen LogP contribution in [0.25, 0.3) is 0 Å². The molecule has 2 heterocycles. The van der Waals surface area contributed by atoms with Gasteiger partial charge in [0.15, 0.2) is 0 Å². The number of carbonyl (C=O) groups excluding carboxylic acids is 1. The van der Waals surface area contributed by atoms with Crippen molar-refractivity contribution in [3.05, 3.63) is 47.2 Å². The summed E-state index contributed by atoms with van der Waals surface area (Å²) in [5, 5.41) is -0.129. The number of rotatable bonds is 5. The molecule has 0 atom stereocenters. The van der Waals surface area contributed by atoms with E-state index in [0.717, 1.165) is 35.7 Å². The molecular weight excluding hydrogens is 398 g/mol. The Hall–Kier alpha value is -2.55. The summed E-state index contributed by atoms with van der Waals surface area (Å²) in [7, 11) is 1.54. The molecule has 1 aromatic heterocycles. The number of carbonyl (C=O) groups is 1. The Kier molecular flexibility index (Phi) is 6.79. The molecule has 29 heavy (non-hydrogen) atoms. The van der Waals surface area contributed by atoms with Crippen LogP contribution in [0.2, 0.25) is 0 Å². The third kappa shape index (κ3) is 5.09. The summed E-state index contributed by atoms with van der Waals surface area (Å²) in [6.07, 6.45) is 0.832. The minimum Gasteiger partial charge on any atom is -0.479 e. The summed E-state index contributed by atoms with van der Waals surface area (Å²) in [5.74, 6) is -0.770. The number of aryl methyl sites for hydroxylation is 2.